The van der Waals surface area contributed by atoms with Gasteiger partial charge in [-0.2, -0.15) is 0 Å². The molecule has 1 fully saturated rings. The SMILES string of the molecule is O=C(NCC1CC1)c1cc(CN(Cc2cccs2)C(=O)c2cccnc2)on1. The van der Waals surface area contributed by atoms with Crippen LogP contribution in [0.25, 0.3) is 0 Å². The van der Waals surface area contributed by atoms with Gasteiger partial charge in [0.15, 0.2) is 11.5 Å². The molecule has 1 aliphatic rings. The first-order valence-electron chi connectivity index (χ1n) is 9.14. The quantitative estimate of drug-likeness (QED) is 0.632. The van der Waals surface area contributed by atoms with Crippen molar-refractivity contribution in [2.75, 3.05) is 6.54 Å². The van der Waals surface area contributed by atoms with Crippen molar-refractivity contribution in [3.8, 4) is 0 Å². The van der Waals surface area contributed by atoms with Crippen molar-refractivity contribution < 1.29 is 14.1 Å². The summed E-state index contributed by atoms with van der Waals surface area (Å²) in [5.41, 5.74) is 0.738. The van der Waals surface area contributed by atoms with E-state index in [1.165, 1.54) is 12.8 Å². The lowest BCUT2D eigenvalue weighted by Crippen LogP contribution is -2.29. The van der Waals surface area contributed by atoms with Crippen LogP contribution in [0.4, 0.5) is 0 Å². The van der Waals surface area contributed by atoms with E-state index in [0.717, 1.165) is 4.88 Å². The molecule has 0 atom stereocenters. The summed E-state index contributed by atoms with van der Waals surface area (Å²) in [5.74, 6) is 0.655. The minimum Gasteiger partial charge on any atom is -0.359 e. The summed E-state index contributed by atoms with van der Waals surface area (Å²) in [6.45, 7) is 1.33. The highest BCUT2D eigenvalue weighted by Gasteiger charge is 2.24. The van der Waals surface area contributed by atoms with Crippen LogP contribution in [-0.2, 0) is 13.1 Å². The molecule has 3 heterocycles. The van der Waals surface area contributed by atoms with Crippen molar-refractivity contribution in [2.45, 2.75) is 25.9 Å². The molecule has 0 saturated heterocycles. The molecule has 1 N–H and O–H groups in total. The third-order valence-corrected chi connectivity index (χ3v) is 5.37. The van der Waals surface area contributed by atoms with E-state index in [1.54, 1.807) is 46.8 Å². The molecule has 0 spiro atoms. The maximum absolute atomic E-state index is 12.9. The summed E-state index contributed by atoms with van der Waals surface area (Å²) in [7, 11) is 0. The van der Waals surface area contributed by atoms with Crippen LogP contribution in [0, 0.1) is 5.92 Å². The molecule has 3 aromatic heterocycles. The van der Waals surface area contributed by atoms with Crippen LogP contribution in [-0.4, -0.2) is 33.4 Å². The molecule has 0 bridgehead atoms. The first-order valence-corrected chi connectivity index (χ1v) is 10.0. The van der Waals surface area contributed by atoms with E-state index in [4.69, 9.17) is 4.52 Å². The molecule has 3 aromatic rings. The van der Waals surface area contributed by atoms with Crippen LogP contribution in [0.15, 0.2) is 52.6 Å². The van der Waals surface area contributed by atoms with Gasteiger partial charge in [0.1, 0.15) is 0 Å². The van der Waals surface area contributed by atoms with E-state index in [0.29, 0.717) is 30.3 Å². The Labute approximate surface area is 166 Å². The van der Waals surface area contributed by atoms with E-state index < -0.39 is 0 Å². The summed E-state index contributed by atoms with van der Waals surface area (Å²) in [6.07, 6.45) is 5.50. The Kier molecular flexibility index (Phi) is 5.48. The molecule has 0 radical (unpaired) electrons. The summed E-state index contributed by atoms with van der Waals surface area (Å²) < 4.78 is 5.33. The highest BCUT2D eigenvalue weighted by Crippen LogP contribution is 2.27. The normalized spacial score (nSPS) is 13.3. The first-order chi connectivity index (χ1) is 13.7. The number of hydrogen-bond donors (Lipinski definition) is 1. The number of amides is 2. The van der Waals surface area contributed by atoms with E-state index in [2.05, 4.69) is 15.5 Å². The topological polar surface area (TPSA) is 88.3 Å². The summed E-state index contributed by atoms with van der Waals surface area (Å²) in [4.78, 5) is 31.9. The lowest BCUT2D eigenvalue weighted by molar-refractivity contribution is 0.0714. The number of aromatic nitrogens is 2. The number of rotatable bonds is 8. The minimum absolute atomic E-state index is 0.155. The lowest BCUT2D eigenvalue weighted by Gasteiger charge is -2.20. The first kappa shape index (κ1) is 18.4. The van der Waals surface area contributed by atoms with E-state index in [9.17, 15) is 9.59 Å². The molecule has 4 rings (SSSR count). The van der Waals surface area contributed by atoms with E-state index in [1.807, 2.05) is 17.5 Å². The summed E-state index contributed by atoms with van der Waals surface area (Å²) in [6, 6.07) is 8.98. The van der Waals surface area contributed by atoms with Crippen molar-refractivity contribution in [2.24, 2.45) is 5.92 Å². The Morgan fingerprint density at radius 2 is 2.14 bits per heavy atom. The molecule has 8 heteroatoms. The zero-order valence-corrected chi connectivity index (χ0v) is 16.0. The second kappa shape index (κ2) is 8.35. The number of thiophene rings is 1. The molecule has 0 aliphatic heterocycles. The average molecular weight is 396 g/mol. The molecule has 7 nitrogen and oxygen atoms in total. The summed E-state index contributed by atoms with van der Waals surface area (Å²) >= 11 is 1.58. The van der Waals surface area contributed by atoms with Gasteiger partial charge in [-0.1, -0.05) is 11.2 Å². The predicted octanol–water partition coefficient (Wildman–Crippen LogP) is 3.11. The van der Waals surface area contributed by atoms with Crippen molar-refractivity contribution in [3.63, 3.8) is 0 Å². The molecule has 2 amide bonds. The monoisotopic (exact) mass is 396 g/mol. The molecule has 0 aromatic carbocycles. The molecule has 1 aliphatic carbocycles. The Hall–Kier alpha value is -3.00. The van der Waals surface area contributed by atoms with Gasteiger partial charge in [-0.05, 0) is 42.3 Å². The van der Waals surface area contributed by atoms with Crippen molar-refractivity contribution in [1.82, 2.24) is 20.4 Å². The largest absolute Gasteiger partial charge is 0.359 e. The van der Waals surface area contributed by atoms with Crippen LogP contribution < -0.4 is 5.32 Å². The Morgan fingerprint density at radius 1 is 1.25 bits per heavy atom. The second-order valence-electron chi connectivity index (χ2n) is 6.81. The third kappa shape index (κ3) is 4.64. The maximum atomic E-state index is 12.9. The van der Waals surface area contributed by atoms with Crippen LogP contribution in [0.5, 0.6) is 0 Å². The molecule has 144 valence electrons. The predicted molar refractivity (Wildman–Crippen MR) is 104 cm³/mol. The van der Waals surface area contributed by atoms with Crippen LogP contribution in [0.3, 0.4) is 0 Å². The van der Waals surface area contributed by atoms with Crippen LogP contribution in [0.2, 0.25) is 0 Å². The smallest absolute Gasteiger partial charge is 0.273 e. The van der Waals surface area contributed by atoms with Gasteiger partial charge >= 0.3 is 0 Å². The number of nitrogens with one attached hydrogen (secondary N) is 1. The van der Waals surface area contributed by atoms with Crippen molar-refractivity contribution in [1.29, 1.82) is 0 Å². The molecular formula is C20H20N4O3S. The Balaban J connectivity index is 1.47. The fourth-order valence-electron chi connectivity index (χ4n) is 2.79. The summed E-state index contributed by atoms with van der Waals surface area (Å²) in [5, 5.41) is 8.70. The zero-order valence-electron chi connectivity index (χ0n) is 15.2. The van der Waals surface area contributed by atoms with Gasteiger partial charge in [-0.25, -0.2) is 0 Å². The van der Waals surface area contributed by atoms with Crippen LogP contribution >= 0.6 is 11.3 Å². The minimum atomic E-state index is -0.245. The van der Waals surface area contributed by atoms with Gasteiger partial charge in [0, 0.05) is 29.9 Å². The van der Waals surface area contributed by atoms with E-state index >= 15 is 0 Å². The van der Waals surface area contributed by atoms with Gasteiger partial charge in [-0.3, -0.25) is 14.6 Å². The van der Waals surface area contributed by atoms with Gasteiger partial charge in [0.2, 0.25) is 0 Å². The molecule has 28 heavy (non-hydrogen) atoms. The molecule has 0 unspecified atom stereocenters. The van der Waals surface area contributed by atoms with Gasteiger partial charge in [0.25, 0.3) is 11.8 Å². The van der Waals surface area contributed by atoms with Crippen LogP contribution in [0.1, 0.15) is 44.3 Å². The lowest BCUT2D eigenvalue weighted by atomic mass is 10.2. The molecule has 1 saturated carbocycles. The van der Waals surface area contributed by atoms with E-state index in [-0.39, 0.29) is 24.1 Å². The maximum Gasteiger partial charge on any atom is 0.273 e. The third-order valence-electron chi connectivity index (χ3n) is 4.51. The highest BCUT2D eigenvalue weighted by molar-refractivity contribution is 7.09. The Morgan fingerprint density at radius 3 is 2.86 bits per heavy atom. The number of carbonyl (C=O) groups is 2. The van der Waals surface area contributed by atoms with Crippen molar-refractivity contribution >= 4 is 23.2 Å². The number of pyridine rings is 1. The van der Waals surface area contributed by atoms with Gasteiger partial charge in [0.05, 0.1) is 18.7 Å². The standard InChI is InChI=1S/C20H20N4O3S/c25-19(22-10-14-5-6-14)18-9-16(27-23-18)12-24(13-17-4-2-8-28-17)20(26)15-3-1-7-21-11-15/h1-4,7-9,11,14H,5-6,10,12-13H2,(H,22,25). The number of nitrogens with zero attached hydrogens (tertiary/aromatic N) is 3. The molecular weight excluding hydrogens is 376 g/mol. The fourth-order valence-corrected chi connectivity index (χ4v) is 3.51. The van der Waals surface area contributed by atoms with Crippen molar-refractivity contribution in [3.05, 3.63) is 70.0 Å². The Bertz CT molecular complexity index is 936. The van der Waals surface area contributed by atoms with Gasteiger partial charge in [-0.15, -0.1) is 11.3 Å². The fraction of sp³-hybridized carbons (Fsp3) is 0.300. The number of hydrogen-bond acceptors (Lipinski definition) is 6. The van der Waals surface area contributed by atoms with Gasteiger partial charge < -0.3 is 14.7 Å². The highest BCUT2D eigenvalue weighted by atomic mass is 32.1. The number of carbonyl (C=O) groups excluding carboxylic acids is 2. The zero-order chi connectivity index (χ0) is 19.3. The second-order valence-corrected chi connectivity index (χ2v) is 7.85. The average Bonchev–Trinajstić information content (AvgIpc) is 3.19.